The van der Waals surface area contributed by atoms with Crippen molar-refractivity contribution in [2.45, 2.75) is 30.4 Å². The van der Waals surface area contributed by atoms with E-state index in [2.05, 4.69) is 15.6 Å². The summed E-state index contributed by atoms with van der Waals surface area (Å²) in [5.41, 5.74) is -0.274. The van der Waals surface area contributed by atoms with Gasteiger partial charge in [-0.3, -0.25) is 0 Å². The van der Waals surface area contributed by atoms with Gasteiger partial charge in [0.15, 0.2) is 5.96 Å². The van der Waals surface area contributed by atoms with Crippen LogP contribution in [0.3, 0.4) is 0 Å². The molecular weight excluding hydrogens is 425 g/mol. The number of nitrogens with zero attached hydrogens (tertiary/aromatic N) is 2. The smallest absolute Gasteiger partial charge is 0.357 e. The predicted molar refractivity (Wildman–Crippen MR) is 108 cm³/mol. The number of sulfonamides is 1. The molecule has 0 radical (unpaired) electrons. The van der Waals surface area contributed by atoms with Gasteiger partial charge in [-0.15, -0.1) is 11.3 Å². The maximum Gasteiger partial charge on any atom is 0.416 e. The van der Waals surface area contributed by atoms with Gasteiger partial charge >= 0.3 is 6.18 Å². The zero-order valence-corrected chi connectivity index (χ0v) is 17.9. The van der Waals surface area contributed by atoms with Gasteiger partial charge in [0.1, 0.15) is 4.21 Å². The van der Waals surface area contributed by atoms with Crippen LogP contribution in [0.15, 0.2) is 45.6 Å². The highest BCUT2D eigenvalue weighted by Crippen LogP contribution is 2.29. The molecule has 11 heteroatoms. The predicted octanol–water partition coefficient (Wildman–Crippen LogP) is 3.27. The van der Waals surface area contributed by atoms with E-state index in [0.717, 1.165) is 32.7 Å². The standard InChI is InChI=1S/C18H23F3N4O2S2/c1-4-22-17(23-11-13-6-5-7-14(10-13)18(19,20)21)24-12-15-8-9-16(28-15)29(26,27)25(2)3/h5-10H,4,11-12H2,1-3H3,(H2,22,23,24). The van der Waals surface area contributed by atoms with Gasteiger partial charge in [0.05, 0.1) is 18.7 Å². The van der Waals surface area contributed by atoms with Crippen LogP contribution >= 0.6 is 11.3 Å². The van der Waals surface area contributed by atoms with Crippen LogP contribution in [0.25, 0.3) is 0 Å². The average Bonchev–Trinajstić information content (AvgIpc) is 3.13. The zero-order chi connectivity index (χ0) is 21.7. The number of alkyl halides is 3. The lowest BCUT2D eigenvalue weighted by Gasteiger charge is -2.11. The number of guanidine groups is 1. The minimum atomic E-state index is -4.40. The summed E-state index contributed by atoms with van der Waals surface area (Å²) in [5.74, 6) is 0.426. The third kappa shape index (κ3) is 6.44. The minimum absolute atomic E-state index is 0.0734. The summed E-state index contributed by atoms with van der Waals surface area (Å²) < 4.78 is 64.2. The summed E-state index contributed by atoms with van der Waals surface area (Å²) in [6, 6.07) is 8.29. The van der Waals surface area contributed by atoms with Crippen LogP contribution in [0, 0.1) is 0 Å². The van der Waals surface area contributed by atoms with Gasteiger partial charge < -0.3 is 10.6 Å². The third-order valence-corrected chi connectivity index (χ3v) is 7.19. The van der Waals surface area contributed by atoms with E-state index in [9.17, 15) is 21.6 Å². The van der Waals surface area contributed by atoms with Crippen molar-refractivity contribution >= 4 is 27.3 Å². The highest BCUT2D eigenvalue weighted by atomic mass is 32.2. The molecule has 0 saturated heterocycles. The third-order valence-electron chi connectivity index (χ3n) is 3.82. The second kappa shape index (κ2) is 9.59. The van der Waals surface area contributed by atoms with Crippen molar-refractivity contribution in [3.05, 3.63) is 52.4 Å². The van der Waals surface area contributed by atoms with E-state index in [4.69, 9.17) is 0 Å². The lowest BCUT2D eigenvalue weighted by atomic mass is 10.1. The van der Waals surface area contributed by atoms with E-state index in [1.165, 1.54) is 20.2 Å². The molecule has 0 saturated carbocycles. The second-order valence-corrected chi connectivity index (χ2v) is 9.80. The highest BCUT2D eigenvalue weighted by molar-refractivity contribution is 7.91. The van der Waals surface area contributed by atoms with Crippen LogP contribution < -0.4 is 10.6 Å². The SMILES string of the molecule is CCNC(=NCc1cccc(C(F)(F)F)c1)NCc1ccc(S(=O)(=O)N(C)C)s1. The molecule has 160 valence electrons. The van der Waals surface area contributed by atoms with Crippen LogP contribution in [0.2, 0.25) is 0 Å². The first-order valence-corrected chi connectivity index (χ1v) is 11.0. The fourth-order valence-electron chi connectivity index (χ4n) is 2.30. The molecule has 1 aromatic carbocycles. The molecule has 0 fully saturated rings. The van der Waals surface area contributed by atoms with Gasteiger partial charge in [-0.05, 0) is 36.8 Å². The molecule has 0 atom stereocenters. The number of benzene rings is 1. The molecule has 0 aliphatic carbocycles. The molecule has 0 aliphatic heterocycles. The topological polar surface area (TPSA) is 73.8 Å². The van der Waals surface area contributed by atoms with Crippen LogP contribution in [0.4, 0.5) is 13.2 Å². The first-order valence-electron chi connectivity index (χ1n) is 8.73. The van der Waals surface area contributed by atoms with E-state index < -0.39 is 21.8 Å². The van der Waals surface area contributed by atoms with Crippen LogP contribution in [-0.4, -0.2) is 39.3 Å². The molecule has 29 heavy (non-hydrogen) atoms. The van der Waals surface area contributed by atoms with Gasteiger partial charge in [-0.2, -0.15) is 13.2 Å². The summed E-state index contributed by atoms with van der Waals surface area (Å²) in [6.07, 6.45) is -4.40. The Morgan fingerprint density at radius 3 is 2.52 bits per heavy atom. The summed E-state index contributed by atoms with van der Waals surface area (Å²) >= 11 is 1.15. The van der Waals surface area contributed by atoms with Crippen molar-refractivity contribution in [1.29, 1.82) is 0 Å². The van der Waals surface area contributed by atoms with Gasteiger partial charge in [0.25, 0.3) is 10.0 Å². The average molecular weight is 449 g/mol. The first kappa shape index (κ1) is 23.2. The summed E-state index contributed by atoms with van der Waals surface area (Å²) in [5, 5.41) is 6.08. The fourth-order valence-corrected chi connectivity index (χ4v) is 4.77. The summed E-state index contributed by atoms with van der Waals surface area (Å²) in [4.78, 5) is 5.10. The molecule has 0 unspecified atom stereocenters. The van der Waals surface area contributed by atoms with Gasteiger partial charge in [-0.25, -0.2) is 17.7 Å². The Balaban J connectivity index is 2.06. The molecule has 2 aromatic rings. The van der Waals surface area contributed by atoms with E-state index in [-0.39, 0.29) is 10.8 Å². The largest absolute Gasteiger partial charge is 0.416 e. The molecule has 2 N–H and O–H groups in total. The summed E-state index contributed by atoms with van der Waals surface area (Å²) in [6.45, 7) is 2.85. The Kier molecular flexibility index (Phi) is 7.66. The number of halogens is 3. The van der Waals surface area contributed by atoms with E-state index in [0.29, 0.717) is 24.6 Å². The Morgan fingerprint density at radius 1 is 1.17 bits per heavy atom. The normalized spacial score (nSPS) is 13.0. The molecule has 0 spiro atoms. The van der Waals surface area contributed by atoms with Crippen molar-refractivity contribution in [3.8, 4) is 0 Å². The number of aliphatic imine (C=N–C) groups is 1. The second-order valence-electron chi connectivity index (χ2n) is 6.26. The lowest BCUT2D eigenvalue weighted by Crippen LogP contribution is -2.36. The maximum absolute atomic E-state index is 12.8. The molecule has 0 aliphatic rings. The van der Waals surface area contributed by atoms with Crippen LogP contribution in [0.5, 0.6) is 0 Å². The quantitative estimate of drug-likeness (QED) is 0.504. The highest BCUT2D eigenvalue weighted by Gasteiger charge is 2.30. The molecule has 2 rings (SSSR count). The zero-order valence-electron chi connectivity index (χ0n) is 16.2. The van der Waals surface area contributed by atoms with Crippen molar-refractivity contribution in [1.82, 2.24) is 14.9 Å². The van der Waals surface area contributed by atoms with Crippen LogP contribution in [0.1, 0.15) is 22.9 Å². The Morgan fingerprint density at radius 2 is 1.90 bits per heavy atom. The van der Waals surface area contributed by atoms with Gasteiger partial charge in [0.2, 0.25) is 0 Å². The number of hydrogen-bond acceptors (Lipinski definition) is 4. The van der Waals surface area contributed by atoms with E-state index in [1.54, 1.807) is 18.2 Å². The van der Waals surface area contributed by atoms with Gasteiger partial charge in [0, 0.05) is 25.5 Å². The van der Waals surface area contributed by atoms with Crippen molar-refractivity contribution in [2.75, 3.05) is 20.6 Å². The molecule has 0 bridgehead atoms. The lowest BCUT2D eigenvalue weighted by molar-refractivity contribution is -0.137. The molecule has 1 aromatic heterocycles. The molecule has 6 nitrogen and oxygen atoms in total. The Hall–Kier alpha value is -2.11. The molecule has 0 amide bonds. The summed E-state index contributed by atoms with van der Waals surface area (Å²) in [7, 11) is -0.543. The van der Waals surface area contributed by atoms with Gasteiger partial charge in [-0.1, -0.05) is 12.1 Å². The fraction of sp³-hybridized carbons (Fsp3) is 0.389. The maximum atomic E-state index is 12.8. The number of hydrogen-bond donors (Lipinski definition) is 2. The molecule has 1 heterocycles. The van der Waals surface area contributed by atoms with E-state index >= 15 is 0 Å². The minimum Gasteiger partial charge on any atom is -0.357 e. The Labute approximate surface area is 172 Å². The number of nitrogens with one attached hydrogen (secondary N) is 2. The monoisotopic (exact) mass is 448 g/mol. The Bertz CT molecular complexity index is 954. The number of thiophene rings is 1. The van der Waals surface area contributed by atoms with Crippen molar-refractivity contribution in [3.63, 3.8) is 0 Å². The first-order chi connectivity index (χ1) is 13.5. The van der Waals surface area contributed by atoms with Crippen molar-refractivity contribution in [2.24, 2.45) is 4.99 Å². The van der Waals surface area contributed by atoms with Crippen molar-refractivity contribution < 1.29 is 21.6 Å². The van der Waals surface area contributed by atoms with Crippen LogP contribution in [-0.2, 0) is 29.3 Å². The molecular formula is C18H23F3N4O2S2. The van der Waals surface area contributed by atoms with E-state index in [1.807, 2.05) is 6.92 Å². The number of rotatable bonds is 7.